The Kier molecular flexibility index (Phi) is 10.7. The van der Waals surface area contributed by atoms with E-state index in [1.807, 2.05) is 21.9 Å². The number of piperidine rings is 2. The number of likely N-dealkylation sites (N-methyl/N-ethyl adjacent to an activating group) is 1. The Bertz CT molecular complexity index is 2230. The Morgan fingerprint density at radius 2 is 1.58 bits per heavy atom. The molecule has 308 valence electrons. The highest BCUT2D eigenvalue weighted by Gasteiger charge is 2.42. The number of imide groups is 1. The quantitative estimate of drug-likeness (QED) is 0.278. The first-order chi connectivity index (χ1) is 28.5. The lowest BCUT2D eigenvalue weighted by molar-refractivity contribution is -0.150. The van der Waals surface area contributed by atoms with Crippen LogP contribution in [0.3, 0.4) is 0 Å². The summed E-state index contributed by atoms with van der Waals surface area (Å²) in [6.45, 7) is 6.35. The van der Waals surface area contributed by atoms with Gasteiger partial charge in [0, 0.05) is 83.5 Å². The number of nitrogens with zero attached hydrogens (tertiary/aromatic N) is 8. The van der Waals surface area contributed by atoms with E-state index in [2.05, 4.69) is 15.9 Å². The highest BCUT2D eigenvalue weighted by Crippen LogP contribution is 2.36. The average Bonchev–Trinajstić information content (AvgIpc) is 3.75. The number of fused-ring (bicyclic) bond motifs is 2. The number of pyridine rings is 1. The Hall–Kier alpha value is -5.26. The predicted octanol–water partition coefficient (Wildman–Crippen LogP) is 5.23. The molecule has 0 bridgehead atoms. The number of benzene rings is 2. The molecule has 59 heavy (non-hydrogen) atoms. The molecule has 3 saturated heterocycles. The normalized spacial score (nSPS) is 24.2. The first-order valence-electron chi connectivity index (χ1n) is 20.9. The summed E-state index contributed by atoms with van der Waals surface area (Å²) >= 11 is 6.20. The highest BCUT2D eigenvalue weighted by atomic mass is 35.5. The fraction of sp³-hybridized carbons (Fsp3) is 0.500. The van der Waals surface area contributed by atoms with Crippen molar-refractivity contribution in [2.75, 3.05) is 62.7 Å². The van der Waals surface area contributed by atoms with E-state index in [1.165, 1.54) is 18.0 Å². The molecule has 1 aromatic heterocycles. The van der Waals surface area contributed by atoms with Crippen LogP contribution in [0.1, 0.15) is 88.9 Å². The zero-order valence-corrected chi connectivity index (χ0v) is 34.0. The Labute approximate surface area is 348 Å². The maximum atomic E-state index is 15.5. The number of rotatable bonds is 8. The van der Waals surface area contributed by atoms with E-state index in [9.17, 15) is 19.2 Å². The molecule has 1 saturated carbocycles. The second-order valence-electron chi connectivity index (χ2n) is 16.9. The minimum absolute atomic E-state index is 0.0356. The predicted molar refractivity (Wildman–Crippen MR) is 218 cm³/mol. The van der Waals surface area contributed by atoms with Gasteiger partial charge in [0.25, 0.3) is 17.7 Å². The lowest BCUT2D eigenvalue weighted by Crippen LogP contribution is -2.53. The van der Waals surface area contributed by atoms with E-state index in [0.29, 0.717) is 64.3 Å². The summed E-state index contributed by atoms with van der Waals surface area (Å²) in [5.41, 5.74) is 3.40. The van der Waals surface area contributed by atoms with Crippen molar-refractivity contribution in [1.82, 2.24) is 24.6 Å². The summed E-state index contributed by atoms with van der Waals surface area (Å²) < 4.78 is 21.7. The molecule has 4 fully saturated rings. The van der Waals surface area contributed by atoms with E-state index >= 15 is 4.39 Å². The fourth-order valence-corrected chi connectivity index (χ4v) is 10.1. The van der Waals surface area contributed by atoms with Gasteiger partial charge >= 0.3 is 0 Å². The molecule has 13 nitrogen and oxygen atoms in total. The van der Waals surface area contributed by atoms with Crippen molar-refractivity contribution in [3.8, 4) is 11.8 Å². The summed E-state index contributed by atoms with van der Waals surface area (Å²) in [5, 5.41) is 9.53. The number of piperazine rings is 1. The number of carbonyl (C=O) groups excluding carboxylic acids is 4. The summed E-state index contributed by atoms with van der Waals surface area (Å²) in [4.78, 5) is 68.1. The third-order valence-electron chi connectivity index (χ3n) is 13.4. The Balaban J connectivity index is 0.733. The second-order valence-corrected chi connectivity index (χ2v) is 17.3. The van der Waals surface area contributed by atoms with Gasteiger partial charge in [-0.1, -0.05) is 11.6 Å². The number of halogens is 2. The SMILES string of the molecule is CN1C(=O)CCC(N2Cc3cc(F)c(N4CCN(CC5CCN(c6ccc7c(n6)CN(C6CCC(Oc8ccc(C#N)c(Cl)c8)CC6)C7=O)CC5)CC4)cc3C2=O)C1=O. The van der Waals surface area contributed by atoms with Gasteiger partial charge in [-0.15, -0.1) is 0 Å². The first-order valence-corrected chi connectivity index (χ1v) is 21.3. The van der Waals surface area contributed by atoms with Gasteiger partial charge in [-0.05, 0) is 92.8 Å². The summed E-state index contributed by atoms with van der Waals surface area (Å²) in [6, 6.07) is 13.7. The Morgan fingerprint density at radius 3 is 2.31 bits per heavy atom. The first kappa shape index (κ1) is 39.2. The number of aromatic nitrogens is 1. The molecule has 1 aliphatic carbocycles. The van der Waals surface area contributed by atoms with Gasteiger partial charge in [0.05, 0.1) is 40.2 Å². The molecule has 4 amide bonds. The van der Waals surface area contributed by atoms with Crippen molar-refractivity contribution >= 4 is 46.7 Å². The monoisotopic (exact) mass is 822 g/mol. The van der Waals surface area contributed by atoms with Gasteiger partial charge in [0.2, 0.25) is 5.91 Å². The molecule has 15 heteroatoms. The van der Waals surface area contributed by atoms with Gasteiger partial charge in [-0.3, -0.25) is 29.0 Å². The van der Waals surface area contributed by atoms with Gasteiger partial charge < -0.3 is 24.3 Å². The van der Waals surface area contributed by atoms with Crippen molar-refractivity contribution < 1.29 is 28.3 Å². The third-order valence-corrected chi connectivity index (χ3v) is 13.7. The van der Waals surface area contributed by atoms with Crippen LogP contribution >= 0.6 is 11.6 Å². The zero-order valence-electron chi connectivity index (χ0n) is 33.2. The molecule has 0 N–H and O–H groups in total. The molecule has 6 aliphatic rings. The number of hydrogen-bond donors (Lipinski definition) is 0. The highest BCUT2D eigenvalue weighted by molar-refractivity contribution is 6.31. The number of amides is 4. The largest absolute Gasteiger partial charge is 0.490 e. The third kappa shape index (κ3) is 7.59. The van der Waals surface area contributed by atoms with Crippen molar-refractivity contribution in [2.24, 2.45) is 5.92 Å². The number of likely N-dealkylation sites (tertiary alicyclic amines) is 1. The van der Waals surface area contributed by atoms with Crippen LogP contribution < -0.4 is 14.5 Å². The maximum absolute atomic E-state index is 15.5. The summed E-state index contributed by atoms with van der Waals surface area (Å²) in [6.07, 6.45) is 5.95. The molecule has 0 spiro atoms. The van der Waals surface area contributed by atoms with E-state index in [4.69, 9.17) is 26.6 Å². The molecular formula is C44H48ClFN8O5. The van der Waals surface area contributed by atoms with Crippen LogP contribution in [-0.2, 0) is 22.7 Å². The Morgan fingerprint density at radius 1 is 0.831 bits per heavy atom. The van der Waals surface area contributed by atoms with Crippen LogP contribution in [0, 0.1) is 23.1 Å². The van der Waals surface area contributed by atoms with Gasteiger partial charge in [0.15, 0.2) is 0 Å². The molecule has 2 aromatic carbocycles. The summed E-state index contributed by atoms with van der Waals surface area (Å²) in [7, 11) is 1.44. The number of ether oxygens (including phenoxy) is 1. The standard InChI is InChI=1S/C44H48ClFN8O5/c1-49-41(55)11-9-38(44(49)58)54-25-29-20-36(46)39(22-34(29)43(54)57)51-18-16-50(17-19-51)24-27-12-14-52(15-13-27)40-10-8-33-37(48-40)26-53(42(33)56)30-3-6-31(7-4-30)59-32-5-2-28(23-47)35(45)21-32/h2,5,8,10,20-22,27,30-31,38H,3-4,6-7,9,11-19,24-26H2,1H3. The second kappa shape index (κ2) is 16.1. The maximum Gasteiger partial charge on any atom is 0.256 e. The van der Waals surface area contributed by atoms with Crippen LogP contribution in [0.4, 0.5) is 15.9 Å². The average molecular weight is 823 g/mol. The number of carbonyl (C=O) groups is 4. The molecule has 1 unspecified atom stereocenters. The van der Waals surface area contributed by atoms with Gasteiger partial charge in [-0.2, -0.15) is 5.26 Å². The van der Waals surface area contributed by atoms with E-state index in [1.54, 1.807) is 24.3 Å². The van der Waals surface area contributed by atoms with E-state index in [-0.39, 0.29) is 61.0 Å². The molecule has 6 heterocycles. The minimum atomic E-state index is -0.714. The zero-order chi connectivity index (χ0) is 40.9. The van der Waals surface area contributed by atoms with Gasteiger partial charge in [-0.25, -0.2) is 9.37 Å². The van der Waals surface area contributed by atoms with Crippen LogP contribution in [0.2, 0.25) is 5.02 Å². The number of hydrogen-bond acceptors (Lipinski definition) is 10. The van der Waals surface area contributed by atoms with E-state index in [0.717, 1.165) is 87.7 Å². The van der Waals surface area contributed by atoms with Crippen molar-refractivity contribution in [3.63, 3.8) is 0 Å². The molecule has 0 radical (unpaired) electrons. The van der Waals surface area contributed by atoms with Crippen LogP contribution in [-0.4, -0.2) is 119 Å². The minimum Gasteiger partial charge on any atom is -0.490 e. The van der Waals surface area contributed by atoms with Crippen molar-refractivity contribution in [2.45, 2.75) is 82.6 Å². The fourth-order valence-electron chi connectivity index (χ4n) is 9.90. The number of nitriles is 1. The number of anilines is 2. The van der Waals surface area contributed by atoms with Crippen molar-refractivity contribution in [1.29, 1.82) is 5.26 Å². The van der Waals surface area contributed by atoms with Crippen LogP contribution in [0.15, 0.2) is 42.5 Å². The topological polar surface area (TPSA) is 134 Å². The van der Waals surface area contributed by atoms with Crippen LogP contribution in [0.25, 0.3) is 0 Å². The lowest BCUT2D eigenvalue weighted by Gasteiger charge is -2.40. The smallest absolute Gasteiger partial charge is 0.256 e. The molecule has 1 atom stereocenters. The lowest BCUT2D eigenvalue weighted by atomic mass is 9.92. The molecule has 5 aliphatic heterocycles. The molecule has 9 rings (SSSR count). The van der Waals surface area contributed by atoms with Crippen molar-refractivity contribution in [3.05, 3.63) is 81.3 Å². The molecular weight excluding hydrogens is 775 g/mol. The van der Waals surface area contributed by atoms with E-state index < -0.39 is 6.04 Å². The summed E-state index contributed by atoms with van der Waals surface area (Å²) in [5.74, 6) is 0.891. The van der Waals surface area contributed by atoms with Gasteiger partial charge in [0.1, 0.15) is 29.5 Å². The molecule has 3 aromatic rings. The van der Waals surface area contributed by atoms with Crippen LogP contribution in [0.5, 0.6) is 5.75 Å².